The number of hydrogen-bond donors (Lipinski definition) is 5. The van der Waals surface area contributed by atoms with Gasteiger partial charge in [0, 0.05) is 35.6 Å². The summed E-state index contributed by atoms with van der Waals surface area (Å²) in [7, 11) is 4.85. The number of carbonyl (C=O) groups excluding carboxylic acids is 2. The molecule has 1 saturated heterocycles. The molecular formula is C26H32F2N8O3. The number of imide groups is 1. The SMILES string of the molecule is CO/C(N)=C/CC(N)N1C(=O)/C(=C(\CN(C)C)Nc2ccc(N)cc2)C(=N)N(Cc2c(F)cccc2F)C1=O. The number of nitrogens with two attached hydrogens (primary N) is 3. The maximum absolute atomic E-state index is 14.6. The molecule has 3 amide bonds. The summed E-state index contributed by atoms with van der Waals surface area (Å²) in [6.07, 6.45) is 0.0866. The molecule has 1 aliphatic rings. The van der Waals surface area contributed by atoms with Crippen LogP contribution in [0.15, 0.2) is 65.7 Å². The van der Waals surface area contributed by atoms with Crippen LogP contribution in [0.25, 0.3) is 0 Å². The Morgan fingerprint density at radius 1 is 1.15 bits per heavy atom. The average molecular weight is 543 g/mol. The van der Waals surface area contributed by atoms with Crippen LogP contribution in [0.4, 0.5) is 25.0 Å². The van der Waals surface area contributed by atoms with Crippen molar-refractivity contribution in [1.29, 1.82) is 5.41 Å². The molecule has 2 aromatic rings. The van der Waals surface area contributed by atoms with E-state index in [-0.39, 0.29) is 30.1 Å². The second-order valence-electron chi connectivity index (χ2n) is 9.04. The minimum absolute atomic E-state index is 0.0227. The number of hydrogen-bond acceptors (Lipinski definition) is 9. The fourth-order valence-electron chi connectivity index (χ4n) is 3.89. The summed E-state index contributed by atoms with van der Waals surface area (Å²) in [6, 6.07) is 8.93. The third-order valence-electron chi connectivity index (χ3n) is 5.86. The third kappa shape index (κ3) is 6.69. The lowest BCUT2D eigenvalue weighted by atomic mass is 10.0. The lowest BCUT2D eigenvalue weighted by Gasteiger charge is -2.39. The molecule has 3 rings (SSSR count). The van der Waals surface area contributed by atoms with E-state index in [1.165, 1.54) is 19.3 Å². The van der Waals surface area contributed by atoms with Gasteiger partial charge in [0.2, 0.25) is 0 Å². The molecule has 0 saturated carbocycles. The Labute approximate surface area is 225 Å². The van der Waals surface area contributed by atoms with Crippen molar-refractivity contribution in [2.75, 3.05) is 38.8 Å². The molecule has 1 heterocycles. The zero-order chi connectivity index (χ0) is 28.9. The minimum Gasteiger partial charge on any atom is -0.483 e. The summed E-state index contributed by atoms with van der Waals surface area (Å²) in [5, 5.41) is 12.0. The second kappa shape index (κ2) is 12.4. The summed E-state index contributed by atoms with van der Waals surface area (Å²) in [5.41, 5.74) is 18.4. The van der Waals surface area contributed by atoms with E-state index in [0.29, 0.717) is 11.4 Å². The highest BCUT2D eigenvalue weighted by atomic mass is 19.1. The third-order valence-corrected chi connectivity index (χ3v) is 5.86. The standard InChI is InChI=1S/C26H32F2N8O3/c1-34(2)14-20(33-16-9-7-15(29)8-10-16)23-24(32)35(13-17-18(27)5-4-6-19(17)28)26(38)36(25(23)37)21(30)11-12-22(31)39-3/h4-10,12,21,32-33H,11,13-14,29-31H2,1-3H3/b22-12+,23-20+,32-24?. The maximum atomic E-state index is 14.6. The summed E-state index contributed by atoms with van der Waals surface area (Å²) in [5.74, 6) is -3.18. The highest BCUT2D eigenvalue weighted by Gasteiger charge is 2.44. The number of amides is 3. The first kappa shape index (κ1) is 29.1. The minimum atomic E-state index is -1.23. The van der Waals surface area contributed by atoms with Crippen molar-refractivity contribution in [1.82, 2.24) is 14.7 Å². The number of rotatable bonds is 10. The quantitative estimate of drug-likeness (QED) is 0.173. The Kier molecular flexibility index (Phi) is 9.22. The number of urea groups is 1. The van der Waals surface area contributed by atoms with Crippen molar-refractivity contribution in [3.8, 4) is 0 Å². The zero-order valence-corrected chi connectivity index (χ0v) is 21.9. The topological polar surface area (TPSA) is 167 Å². The van der Waals surface area contributed by atoms with Crippen LogP contribution < -0.4 is 22.5 Å². The summed E-state index contributed by atoms with van der Waals surface area (Å²) < 4.78 is 34.0. The summed E-state index contributed by atoms with van der Waals surface area (Å²) in [6.45, 7) is -0.507. The maximum Gasteiger partial charge on any atom is 0.334 e. The van der Waals surface area contributed by atoms with Crippen molar-refractivity contribution in [2.45, 2.75) is 19.1 Å². The van der Waals surface area contributed by atoms with Crippen LogP contribution in [0.1, 0.15) is 12.0 Å². The first-order valence-electron chi connectivity index (χ1n) is 11.9. The van der Waals surface area contributed by atoms with E-state index < -0.39 is 47.7 Å². The fourth-order valence-corrected chi connectivity index (χ4v) is 3.89. The van der Waals surface area contributed by atoms with Gasteiger partial charge in [0.25, 0.3) is 5.91 Å². The molecule has 1 unspecified atom stereocenters. The number of benzene rings is 2. The number of nitrogens with zero attached hydrogens (tertiary/aromatic N) is 3. The summed E-state index contributed by atoms with van der Waals surface area (Å²) in [4.78, 5) is 30.6. The number of methoxy groups -OCH3 is 1. The predicted molar refractivity (Wildman–Crippen MR) is 144 cm³/mol. The van der Waals surface area contributed by atoms with Crippen LogP contribution in [-0.2, 0) is 16.1 Å². The Bertz CT molecular complexity index is 1290. The average Bonchev–Trinajstić information content (AvgIpc) is 2.87. The van der Waals surface area contributed by atoms with Gasteiger partial charge >= 0.3 is 6.03 Å². The number of carbonyl (C=O) groups is 2. The van der Waals surface area contributed by atoms with Gasteiger partial charge in [-0.2, -0.15) is 0 Å². The molecule has 13 heteroatoms. The number of ether oxygens (including phenoxy) is 1. The summed E-state index contributed by atoms with van der Waals surface area (Å²) >= 11 is 0. The molecule has 0 radical (unpaired) electrons. The molecule has 1 aliphatic heterocycles. The first-order chi connectivity index (χ1) is 18.4. The molecule has 0 aromatic heterocycles. The number of likely N-dealkylation sites (N-methyl/N-ethyl adjacent to an activating group) is 1. The van der Waals surface area contributed by atoms with Gasteiger partial charge in [0.1, 0.15) is 23.0 Å². The Balaban J connectivity index is 2.16. The van der Waals surface area contributed by atoms with Gasteiger partial charge in [-0.15, -0.1) is 0 Å². The van der Waals surface area contributed by atoms with E-state index in [1.54, 1.807) is 43.3 Å². The largest absolute Gasteiger partial charge is 0.483 e. The van der Waals surface area contributed by atoms with E-state index in [1.807, 2.05) is 0 Å². The molecule has 0 aliphatic carbocycles. The van der Waals surface area contributed by atoms with Gasteiger partial charge in [0.15, 0.2) is 5.88 Å². The van der Waals surface area contributed by atoms with Crippen LogP contribution in [-0.4, -0.2) is 66.4 Å². The van der Waals surface area contributed by atoms with Crippen molar-refractivity contribution in [3.63, 3.8) is 0 Å². The Morgan fingerprint density at radius 3 is 2.33 bits per heavy atom. The zero-order valence-electron chi connectivity index (χ0n) is 21.9. The first-order valence-corrected chi connectivity index (χ1v) is 11.9. The van der Waals surface area contributed by atoms with Gasteiger partial charge in [-0.3, -0.25) is 15.1 Å². The molecule has 0 bridgehead atoms. The van der Waals surface area contributed by atoms with Gasteiger partial charge in [-0.25, -0.2) is 18.5 Å². The fraction of sp³-hybridized carbons (Fsp3) is 0.269. The molecule has 2 aromatic carbocycles. The van der Waals surface area contributed by atoms with Crippen molar-refractivity contribution in [2.24, 2.45) is 11.5 Å². The van der Waals surface area contributed by atoms with Gasteiger partial charge in [-0.05, 0) is 56.6 Å². The highest BCUT2D eigenvalue weighted by Crippen LogP contribution is 2.27. The van der Waals surface area contributed by atoms with Crippen molar-refractivity contribution < 1.29 is 23.1 Å². The van der Waals surface area contributed by atoms with Gasteiger partial charge in [-0.1, -0.05) is 6.07 Å². The number of anilines is 2. The molecule has 11 nitrogen and oxygen atoms in total. The van der Waals surface area contributed by atoms with E-state index in [2.05, 4.69) is 5.32 Å². The van der Waals surface area contributed by atoms with E-state index in [4.69, 9.17) is 27.3 Å². The van der Waals surface area contributed by atoms with Crippen LogP contribution in [0.3, 0.4) is 0 Å². The number of nitrogens with one attached hydrogen (secondary N) is 2. The second-order valence-corrected chi connectivity index (χ2v) is 9.04. The Hall–Kier alpha value is -4.49. The van der Waals surface area contributed by atoms with Crippen LogP contribution >= 0.6 is 0 Å². The monoisotopic (exact) mass is 542 g/mol. The van der Waals surface area contributed by atoms with Crippen LogP contribution in [0, 0.1) is 17.0 Å². The van der Waals surface area contributed by atoms with E-state index in [0.717, 1.165) is 21.9 Å². The van der Waals surface area contributed by atoms with Gasteiger partial charge < -0.3 is 32.2 Å². The molecule has 1 fully saturated rings. The van der Waals surface area contributed by atoms with E-state index in [9.17, 15) is 18.4 Å². The lowest BCUT2D eigenvalue weighted by molar-refractivity contribution is -0.126. The molecule has 8 N–H and O–H groups in total. The lowest BCUT2D eigenvalue weighted by Crippen LogP contribution is -2.61. The molecule has 39 heavy (non-hydrogen) atoms. The highest BCUT2D eigenvalue weighted by molar-refractivity contribution is 6.30. The normalized spacial score (nSPS) is 16.6. The Morgan fingerprint density at radius 2 is 1.77 bits per heavy atom. The predicted octanol–water partition coefficient (Wildman–Crippen LogP) is 2.34. The van der Waals surface area contributed by atoms with Crippen LogP contribution in [0.5, 0.6) is 0 Å². The van der Waals surface area contributed by atoms with Crippen molar-refractivity contribution in [3.05, 3.63) is 82.9 Å². The van der Waals surface area contributed by atoms with E-state index >= 15 is 0 Å². The molecular weight excluding hydrogens is 510 g/mol. The smallest absolute Gasteiger partial charge is 0.334 e. The van der Waals surface area contributed by atoms with Gasteiger partial charge in [0.05, 0.1) is 19.8 Å². The van der Waals surface area contributed by atoms with Crippen molar-refractivity contribution >= 4 is 29.1 Å². The number of amidine groups is 1. The molecule has 0 spiro atoms. The van der Waals surface area contributed by atoms with Crippen LogP contribution in [0.2, 0.25) is 0 Å². The molecule has 1 atom stereocenters. The number of halogens is 2. The number of nitrogen functional groups attached to an aromatic ring is 1. The molecule has 208 valence electrons.